The minimum Gasteiger partial charge on any atom is -0.330 e. The number of benzene rings is 1. The Morgan fingerprint density at radius 2 is 2.31 bits per heavy atom. The van der Waals surface area contributed by atoms with Crippen molar-refractivity contribution in [1.82, 2.24) is 4.90 Å². The molecule has 0 amide bonds. The van der Waals surface area contributed by atoms with Gasteiger partial charge in [0.25, 0.3) is 0 Å². The fraction of sp³-hybridized carbons (Fsp3) is 0.500. The van der Waals surface area contributed by atoms with Crippen LogP contribution in [0.4, 0.5) is 4.39 Å². The van der Waals surface area contributed by atoms with E-state index in [1.165, 1.54) is 6.07 Å². The topological polar surface area (TPSA) is 29.3 Å². The van der Waals surface area contributed by atoms with Crippen LogP contribution in [0.25, 0.3) is 0 Å². The molecule has 0 aromatic heterocycles. The Hall–Kier alpha value is -0.450. The summed E-state index contributed by atoms with van der Waals surface area (Å²) in [4.78, 5) is 2.33. The smallest absolute Gasteiger partial charge is 0.137 e. The Bertz CT molecular complexity index is 370. The molecule has 1 atom stereocenters. The Labute approximate surface area is 104 Å². The molecule has 16 heavy (non-hydrogen) atoms. The molecule has 1 aromatic carbocycles. The summed E-state index contributed by atoms with van der Waals surface area (Å²) in [5.41, 5.74) is 6.66. The summed E-state index contributed by atoms with van der Waals surface area (Å²) in [5.74, 6) is 0.416. The summed E-state index contributed by atoms with van der Waals surface area (Å²) in [6.07, 6.45) is 1.16. The van der Waals surface area contributed by atoms with E-state index < -0.39 is 0 Å². The minimum absolute atomic E-state index is 0.188. The lowest BCUT2D eigenvalue weighted by molar-refractivity contribution is 0.316. The van der Waals surface area contributed by atoms with Gasteiger partial charge >= 0.3 is 0 Å². The Kier molecular flexibility index (Phi) is 3.95. The van der Waals surface area contributed by atoms with Gasteiger partial charge in [-0.15, -0.1) is 0 Å². The summed E-state index contributed by atoms with van der Waals surface area (Å²) in [6.45, 7) is 3.64. The van der Waals surface area contributed by atoms with Crippen molar-refractivity contribution < 1.29 is 4.39 Å². The van der Waals surface area contributed by atoms with Crippen molar-refractivity contribution in [2.45, 2.75) is 13.0 Å². The second-order valence-electron chi connectivity index (χ2n) is 4.34. The molecule has 88 valence electrons. The van der Waals surface area contributed by atoms with Gasteiger partial charge in [0.15, 0.2) is 0 Å². The highest BCUT2D eigenvalue weighted by atomic mass is 79.9. The molecule has 1 unspecified atom stereocenters. The predicted octanol–water partition coefficient (Wildman–Crippen LogP) is 2.37. The highest BCUT2D eigenvalue weighted by Gasteiger charge is 2.21. The average Bonchev–Trinajstić information content (AvgIpc) is 2.73. The summed E-state index contributed by atoms with van der Waals surface area (Å²) >= 11 is 3.29. The SMILES string of the molecule is NCC1CCN(Cc2cccc(F)c2Br)C1. The first kappa shape index (κ1) is 12.0. The molecule has 2 nitrogen and oxygen atoms in total. The van der Waals surface area contributed by atoms with Crippen LogP contribution in [-0.2, 0) is 6.54 Å². The van der Waals surface area contributed by atoms with Crippen molar-refractivity contribution in [3.63, 3.8) is 0 Å². The number of rotatable bonds is 3. The summed E-state index contributed by atoms with van der Waals surface area (Å²) in [6, 6.07) is 5.19. The van der Waals surface area contributed by atoms with Crippen molar-refractivity contribution in [2.24, 2.45) is 11.7 Å². The van der Waals surface area contributed by atoms with Crippen LogP contribution in [0, 0.1) is 11.7 Å². The molecule has 1 aromatic rings. The van der Waals surface area contributed by atoms with Crippen LogP contribution in [0.1, 0.15) is 12.0 Å². The lowest BCUT2D eigenvalue weighted by Crippen LogP contribution is -2.23. The van der Waals surface area contributed by atoms with Gasteiger partial charge in [-0.3, -0.25) is 4.90 Å². The van der Waals surface area contributed by atoms with Crippen LogP contribution >= 0.6 is 15.9 Å². The predicted molar refractivity (Wildman–Crippen MR) is 66.5 cm³/mol. The van der Waals surface area contributed by atoms with Gasteiger partial charge in [-0.05, 0) is 53.0 Å². The first-order chi connectivity index (χ1) is 7.70. The van der Waals surface area contributed by atoms with Gasteiger partial charge in [0, 0.05) is 13.1 Å². The normalized spacial score (nSPS) is 21.6. The second kappa shape index (κ2) is 5.25. The van der Waals surface area contributed by atoms with Crippen LogP contribution < -0.4 is 5.73 Å². The number of nitrogens with zero attached hydrogens (tertiary/aromatic N) is 1. The molecule has 0 saturated carbocycles. The maximum Gasteiger partial charge on any atom is 0.137 e. The van der Waals surface area contributed by atoms with Crippen molar-refractivity contribution in [2.75, 3.05) is 19.6 Å². The van der Waals surface area contributed by atoms with Crippen molar-refractivity contribution >= 4 is 15.9 Å². The van der Waals surface area contributed by atoms with Crippen LogP contribution in [-0.4, -0.2) is 24.5 Å². The van der Waals surface area contributed by atoms with Gasteiger partial charge in [-0.2, -0.15) is 0 Å². The van der Waals surface area contributed by atoms with E-state index in [1.54, 1.807) is 6.07 Å². The van der Waals surface area contributed by atoms with Crippen molar-refractivity contribution in [3.05, 3.63) is 34.1 Å². The first-order valence-electron chi connectivity index (χ1n) is 5.56. The maximum absolute atomic E-state index is 13.3. The highest BCUT2D eigenvalue weighted by molar-refractivity contribution is 9.10. The van der Waals surface area contributed by atoms with Crippen LogP contribution in [0.15, 0.2) is 22.7 Å². The molecule has 0 radical (unpaired) electrons. The Morgan fingerprint density at radius 3 is 3.00 bits per heavy atom. The molecule has 2 N–H and O–H groups in total. The minimum atomic E-state index is -0.188. The zero-order valence-corrected chi connectivity index (χ0v) is 10.7. The molecular formula is C12H16BrFN2. The van der Waals surface area contributed by atoms with E-state index in [0.29, 0.717) is 10.4 Å². The number of hydrogen-bond acceptors (Lipinski definition) is 2. The van der Waals surface area contributed by atoms with Crippen LogP contribution in [0.3, 0.4) is 0 Å². The lowest BCUT2D eigenvalue weighted by atomic mass is 10.1. The Morgan fingerprint density at radius 1 is 1.50 bits per heavy atom. The lowest BCUT2D eigenvalue weighted by Gasteiger charge is -2.16. The number of likely N-dealkylation sites (tertiary alicyclic amines) is 1. The number of nitrogens with two attached hydrogens (primary N) is 1. The van der Waals surface area contributed by atoms with E-state index in [1.807, 2.05) is 6.07 Å². The van der Waals surface area contributed by atoms with Crippen molar-refractivity contribution in [3.8, 4) is 0 Å². The molecule has 1 aliphatic rings. The fourth-order valence-electron chi connectivity index (χ4n) is 2.16. The van der Waals surface area contributed by atoms with E-state index in [9.17, 15) is 4.39 Å². The maximum atomic E-state index is 13.3. The third-order valence-corrected chi connectivity index (χ3v) is 4.02. The standard InChI is InChI=1S/C12H16BrFN2/c13-12-10(2-1-3-11(12)14)8-16-5-4-9(6-15)7-16/h1-3,9H,4-8,15H2. The van der Waals surface area contributed by atoms with E-state index in [-0.39, 0.29) is 5.82 Å². The van der Waals surface area contributed by atoms with E-state index in [2.05, 4.69) is 20.8 Å². The van der Waals surface area contributed by atoms with Gasteiger partial charge < -0.3 is 5.73 Å². The highest BCUT2D eigenvalue weighted by Crippen LogP contribution is 2.24. The van der Waals surface area contributed by atoms with Gasteiger partial charge in [0.2, 0.25) is 0 Å². The molecule has 2 rings (SSSR count). The monoisotopic (exact) mass is 286 g/mol. The molecule has 0 spiro atoms. The van der Waals surface area contributed by atoms with E-state index in [0.717, 1.165) is 38.2 Å². The average molecular weight is 287 g/mol. The number of hydrogen-bond donors (Lipinski definition) is 1. The molecule has 1 saturated heterocycles. The van der Waals surface area contributed by atoms with Crippen LogP contribution in [0.5, 0.6) is 0 Å². The third-order valence-electron chi connectivity index (χ3n) is 3.13. The fourth-order valence-corrected chi connectivity index (χ4v) is 2.55. The second-order valence-corrected chi connectivity index (χ2v) is 5.13. The molecular weight excluding hydrogens is 271 g/mol. The zero-order chi connectivity index (χ0) is 11.5. The molecule has 1 heterocycles. The Balaban J connectivity index is 2.02. The molecule has 1 fully saturated rings. The summed E-state index contributed by atoms with van der Waals surface area (Å²) < 4.78 is 13.9. The molecule has 1 aliphatic heterocycles. The van der Waals surface area contributed by atoms with Gasteiger partial charge in [-0.25, -0.2) is 4.39 Å². The van der Waals surface area contributed by atoms with Gasteiger partial charge in [-0.1, -0.05) is 12.1 Å². The quantitative estimate of drug-likeness (QED) is 0.924. The molecule has 0 aliphatic carbocycles. The molecule has 4 heteroatoms. The molecule has 0 bridgehead atoms. The van der Waals surface area contributed by atoms with Crippen LogP contribution in [0.2, 0.25) is 0 Å². The first-order valence-corrected chi connectivity index (χ1v) is 6.35. The number of halogens is 2. The largest absolute Gasteiger partial charge is 0.330 e. The van der Waals surface area contributed by atoms with Gasteiger partial charge in [0.05, 0.1) is 4.47 Å². The third kappa shape index (κ3) is 2.62. The van der Waals surface area contributed by atoms with Gasteiger partial charge in [0.1, 0.15) is 5.82 Å². The summed E-state index contributed by atoms with van der Waals surface area (Å²) in [7, 11) is 0. The van der Waals surface area contributed by atoms with E-state index >= 15 is 0 Å². The zero-order valence-electron chi connectivity index (χ0n) is 9.13. The summed E-state index contributed by atoms with van der Waals surface area (Å²) in [5, 5.41) is 0. The van der Waals surface area contributed by atoms with Crippen molar-refractivity contribution in [1.29, 1.82) is 0 Å². The van der Waals surface area contributed by atoms with E-state index in [4.69, 9.17) is 5.73 Å².